The number of aliphatic hydroxyl groups is 1. The van der Waals surface area contributed by atoms with Crippen LogP contribution in [-0.4, -0.2) is 23.4 Å². The smallest absolute Gasteiger partial charge is 0.300 e. The van der Waals surface area contributed by atoms with Crippen molar-refractivity contribution in [3.8, 4) is 11.5 Å². The number of anilines is 1. The highest BCUT2D eigenvalue weighted by Crippen LogP contribution is 2.43. The third-order valence-corrected chi connectivity index (χ3v) is 6.81. The Balaban J connectivity index is 1.53. The Labute approximate surface area is 234 Å². The third-order valence-electron chi connectivity index (χ3n) is 6.81. The lowest BCUT2D eigenvalue weighted by Gasteiger charge is -2.26. The van der Waals surface area contributed by atoms with Crippen LogP contribution in [0.25, 0.3) is 5.76 Å². The quantitative estimate of drug-likeness (QED) is 0.143. The minimum Gasteiger partial charge on any atom is -0.507 e. The van der Waals surface area contributed by atoms with Gasteiger partial charge in [0.1, 0.15) is 23.9 Å². The molecule has 1 heterocycles. The number of hydrogen-bond acceptors (Lipinski definition) is 5. The van der Waals surface area contributed by atoms with E-state index in [1.807, 2.05) is 80.6 Å². The van der Waals surface area contributed by atoms with Crippen LogP contribution in [0.1, 0.15) is 41.6 Å². The molecule has 0 spiro atoms. The second-order valence-electron chi connectivity index (χ2n) is 9.68. The van der Waals surface area contributed by atoms with Crippen LogP contribution in [0.4, 0.5) is 5.69 Å². The summed E-state index contributed by atoms with van der Waals surface area (Å²) < 4.78 is 11.8. The first-order valence-electron chi connectivity index (χ1n) is 13.3. The van der Waals surface area contributed by atoms with Gasteiger partial charge in [0, 0.05) is 17.3 Å². The Morgan fingerprint density at radius 3 is 2.27 bits per heavy atom. The van der Waals surface area contributed by atoms with E-state index in [9.17, 15) is 14.7 Å². The second kappa shape index (κ2) is 11.9. The van der Waals surface area contributed by atoms with E-state index in [1.165, 1.54) is 4.90 Å². The van der Waals surface area contributed by atoms with Gasteiger partial charge in [0.05, 0.1) is 18.2 Å². The van der Waals surface area contributed by atoms with Crippen LogP contribution in [0.3, 0.4) is 0 Å². The molecule has 40 heavy (non-hydrogen) atoms. The number of nitrogens with zero attached hydrogens (tertiary/aromatic N) is 1. The van der Waals surface area contributed by atoms with E-state index in [1.54, 1.807) is 36.4 Å². The van der Waals surface area contributed by atoms with Crippen molar-refractivity contribution < 1.29 is 24.2 Å². The molecule has 202 valence electrons. The highest BCUT2D eigenvalue weighted by molar-refractivity contribution is 6.51. The zero-order valence-electron chi connectivity index (χ0n) is 22.5. The number of aryl methyl sites for hydroxylation is 1. The summed E-state index contributed by atoms with van der Waals surface area (Å²) in [7, 11) is 0. The first-order chi connectivity index (χ1) is 19.5. The van der Waals surface area contributed by atoms with Gasteiger partial charge < -0.3 is 14.6 Å². The maximum absolute atomic E-state index is 13.5. The fraction of sp³-hybridized carbons (Fsp3) is 0.176. The lowest BCUT2D eigenvalue weighted by Crippen LogP contribution is -2.29. The third kappa shape index (κ3) is 5.47. The Hall–Kier alpha value is -4.84. The van der Waals surface area contributed by atoms with E-state index in [0.717, 1.165) is 17.5 Å². The molecule has 1 unspecified atom stereocenters. The van der Waals surface area contributed by atoms with Crippen molar-refractivity contribution in [2.75, 3.05) is 11.5 Å². The van der Waals surface area contributed by atoms with E-state index in [-0.39, 0.29) is 11.3 Å². The van der Waals surface area contributed by atoms with Gasteiger partial charge in [-0.25, -0.2) is 0 Å². The van der Waals surface area contributed by atoms with Crippen molar-refractivity contribution in [3.63, 3.8) is 0 Å². The van der Waals surface area contributed by atoms with Crippen molar-refractivity contribution >= 4 is 23.1 Å². The first kappa shape index (κ1) is 26.8. The second-order valence-corrected chi connectivity index (χ2v) is 9.68. The number of ketones is 1. The van der Waals surface area contributed by atoms with Gasteiger partial charge in [0.2, 0.25) is 0 Å². The highest BCUT2D eigenvalue weighted by Gasteiger charge is 2.47. The Morgan fingerprint density at radius 2 is 1.57 bits per heavy atom. The van der Waals surface area contributed by atoms with Crippen LogP contribution >= 0.6 is 0 Å². The van der Waals surface area contributed by atoms with Gasteiger partial charge >= 0.3 is 0 Å². The molecule has 4 aromatic rings. The summed E-state index contributed by atoms with van der Waals surface area (Å²) in [5.74, 6) is -0.402. The molecule has 0 aromatic heterocycles. The normalized spacial score (nSPS) is 16.2. The topological polar surface area (TPSA) is 76.1 Å². The molecular weight excluding hydrogens is 502 g/mol. The zero-order valence-corrected chi connectivity index (χ0v) is 22.5. The lowest BCUT2D eigenvalue weighted by atomic mass is 9.94. The standard InChI is InChI=1S/C34H31NO5/c1-3-19-39-28-16-10-15-27(21-28)35-31(25-13-8-5-9-14-25)30(33(37)34(35)38)32(36)26-17-18-29(23(2)20-26)40-22-24-11-6-4-7-12-24/h4-18,20-21,31,36H,3,19,22H2,1-2H3/b32-30+. The lowest BCUT2D eigenvalue weighted by molar-refractivity contribution is -0.132. The van der Waals surface area contributed by atoms with Crippen LogP contribution in [0.5, 0.6) is 11.5 Å². The fourth-order valence-corrected chi connectivity index (χ4v) is 4.84. The largest absolute Gasteiger partial charge is 0.507 e. The van der Waals surface area contributed by atoms with Crippen LogP contribution in [0.15, 0.2) is 109 Å². The van der Waals surface area contributed by atoms with Crippen LogP contribution in [0.2, 0.25) is 0 Å². The highest BCUT2D eigenvalue weighted by atomic mass is 16.5. The van der Waals surface area contributed by atoms with E-state index in [0.29, 0.717) is 41.5 Å². The molecule has 0 aliphatic carbocycles. The fourth-order valence-electron chi connectivity index (χ4n) is 4.84. The number of rotatable bonds is 9. The molecule has 0 saturated carbocycles. The number of Topliss-reactive ketones (excluding diaryl/α,β-unsaturated/α-hetero) is 1. The molecule has 1 fully saturated rings. The van der Waals surface area contributed by atoms with Gasteiger partial charge in [-0.05, 0) is 60.4 Å². The van der Waals surface area contributed by atoms with E-state index < -0.39 is 17.7 Å². The molecule has 0 radical (unpaired) electrons. The van der Waals surface area contributed by atoms with Crippen molar-refractivity contribution in [2.45, 2.75) is 32.9 Å². The number of benzene rings is 4. The predicted molar refractivity (Wildman–Crippen MR) is 155 cm³/mol. The van der Waals surface area contributed by atoms with E-state index >= 15 is 0 Å². The molecule has 6 nitrogen and oxygen atoms in total. The number of carbonyl (C=O) groups excluding carboxylic acids is 2. The molecule has 5 rings (SSSR count). The SMILES string of the molecule is CCCOc1cccc(N2C(=O)C(=O)/C(=C(/O)c3ccc(OCc4ccccc4)c(C)c3)C2c2ccccc2)c1. The number of carbonyl (C=O) groups is 2. The van der Waals surface area contributed by atoms with E-state index in [4.69, 9.17) is 9.47 Å². The van der Waals surface area contributed by atoms with Crippen LogP contribution in [-0.2, 0) is 16.2 Å². The minimum atomic E-state index is -0.808. The summed E-state index contributed by atoms with van der Waals surface area (Å²) in [5.41, 5.74) is 3.54. The average molecular weight is 534 g/mol. The summed E-state index contributed by atoms with van der Waals surface area (Å²) >= 11 is 0. The average Bonchev–Trinajstić information content (AvgIpc) is 3.26. The predicted octanol–water partition coefficient (Wildman–Crippen LogP) is 6.99. The summed E-state index contributed by atoms with van der Waals surface area (Å²) in [6, 6.07) is 30.7. The Kier molecular flexibility index (Phi) is 7.97. The van der Waals surface area contributed by atoms with E-state index in [2.05, 4.69) is 0 Å². The molecule has 6 heteroatoms. The van der Waals surface area contributed by atoms with Crippen LogP contribution in [0, 0.1) is 6.92 Å². The molecule has 1 atom stereocenters. The van der Waals surface area contributed by atoms with Gasteiger partial charge in [0.25, 0.3) is 11.7 Å². The molecule has 4 aromatic carbocycles. The summed E-state index contributed by atoms with van der Waals surface area (Å²) in [5, 5.41) is 11.5. The van der Waals surface area contributed by atoms with Crippen molar-refractivity contribution in [3.05, 3.63) is 131 Å². The molecule has 1 saturated heterocycles. The van der Waals surface area contributed by atoms with Gasteiger partial charge in [-0.2, -0.15) is 0 Å². The molecule has 1 amide bonds. The zero-order chi connectivity index (χ0) is 28.1. The molecule has 1 aliphatic rings. The maximum Gasteiger partial charge on any atom is 0.300 e. The molecule has 0 bridgehead atoms. The van der Waals surface area contributed by atoms with Gasteiger partial charge in [0.15, 0.2) is 0 Å². The first-order valence-corrected chi connectivity index (χ1v) is 13.3. The summed E-state index contributed by atoms with van der Waals surface area (Å²) in [6.45, 7) is 4.84. The Morgan fingerprint density at radius 1 is 0.850 bits per heavy atom. The monoisotopic (exact) mass is 533 g/mol. The minimum absolute atomic E-state index is 0.0356. The molecule has 1 N–H and O–H groups in total. The molecule has 1 aliphatic heterocycles. The van der Waals surface area contributed by atoms with Gasteiger partial charge in [-0.15, -0.1) is 0 Å². The Bertz CT molecular complexity index is 1550. The van der Waals surface area contributed by atoms with Gasteiger partial charge in [-0.1, -0.05) is 73.7 Å². The molecular formula is C34H31NO5. The number of hydrogen-bond donors (Lipinski definition) is 1. The van der Waals surface area contributed by atoms with Crippen molar-refractivity contribution in [1.82, 2.24) is 0 Å². The van der Waals surface area contributed by atoms with Crippen LogP contribution < -0.4 is 14.4 Å². The summed E-state index contributed by atoms with van der Waals surface area (Å²) in [6.07, 6.45) is 0.842. The summed E-state index contributed by atoms with van der Waals surface area (Å²) in [4.78, 5) is 28.4. The number of ether oxygens (including phenoxy) is 2. The van der Waals surface area contributed by atoms with Crippen molar-refractivity contribution in [1.29, 1.82) is 0 Å². The number of amides is 1. The van der Waals surface area contributed by atoms with Crippen molar-refractivity contribution in [2.24, 2.45) is 0 Å². The van der Waals surface area contributed by atoms with Gasteiger partial charge in [-0.3, -0.25) is 14.5 Å². The maximum atomic E-state index is 13.5. The number of aliphatic hydroxyl groups excluding tert-OH is 1.